The summed E-state index contributed by atoms with van der Waals surface area (Å²) < 4.78 is 0.557. The summed E-state index contributed by atoms with van der Waals surface area (Å²) in [4.78, 5) is 18.2. The number of carbonyl (C=O) groups excluding carboxylic acids is 1. The van der Waals surface area contributed by atoms with Crippen LogP contribution in [0.2, 0.25) is 4.47 Å². The Bertz CT molecular complexity index is 341. The monoisotopic (exact) mass is 231 g/mol. The summed E-state index contributed by atoms with van der Waals surface area (Å²) >= 11 is 7.18. The molecule has 14 heavy (non-hydrogen) atoms. The third kappa shape index (κ3) is 2.43. The largest absolute Gasteiger partial charge is 0.354 e. The summed E-state index contributed by atoms with van der Waals surface area (Å²) in [7, 11) is 0. The highest BCUT2D eigenvalue weighted by Crippen LogP contribution is 2.19. The summed E-state index contributed by atoms with van der Waals surface area (Å²) in [6.07, 6.45) is 1.76. The maximum atomic E-state index is 11.1. The van der Waals surface area contributed by atoms with E-state index in [-0.39, 0.29) is 5.91 Å². The van der Waals surface area contributed by atoms with E-state index in [1.54, 1.807) is 6.20 Å². The number of nitrogens with zero attached hydrogens (tertiary/aromatic N) is 2. The number of hydrogen-bond acceptors (Lipinski definition) is 4. The van der Waals surface area contributed by atoms with Crippen molar-refractivity contribution in [3.05, 3.63) is 15.5 Å². The van der Waals surface area contributed by atoms with E-state index in [1.807, 2.05) is 0 Å². The van der Waals surface area contributed by atoms with Crippen molar-refractivity contribution in [2.24, 2.45) is 0 Å². The zero-order chi connectivity index (χ0) is 9.97. The van der Waals surface area contributed by atoms with Crippen LogP contribution in [-0.2, 0) is 11.3 Å². The zero-order valence-corrected chi connectivity index (χ0v) is 9.07. The van der Waals surface area contributed by atoms with Crippen molar-refractivity contribution < 1.29 is 4.79 Å². The van der Waals surface area contributed by atoms with Gasteiger partial charge < -0.3 is 5.32 Å². The number of amides is 1. The van der Waals surface area contributed by atoms with E-state index in [9.17, 15) is 4.79 Å². The Morgan fingerprint density at radius 2 is 2.57 bits per heavy atom. The van der Waals surface area contributed by atoms with Crippen LogP contribution in [-0.4, -0.2) is 35.4 Å². The van der Waals surface area contributed by atoms with Gasteiger partial charge in [-0.25, -0.2) is 4.98 Å². The van der Waals surface area contributed by atoms with Crippen LogP contribution in [0.1, 0.15) is 4.88 Å². The van der Waals surface area contributed by atoms with Gasteiger partial charge in [0.25, 0.3) is 0 Å². The summed E-state index contributed by atoms with van der Waals surface area (Å²) in [6, 6.07) is 0. The molecule has 0 atom stereocenters. The summed E-state index contributed by atoms with van der Waals surface area (Å²) in [6.45, 7) is 2.85. The first-order valence-corrected chi connectivity index (χ1v) is 5.53. The molecule has 1 aliphatic heterocycles. The molecule has 0 bridgehead atoms. The average Bonchev–Trinajstić information content (AvgIpc) is 2.51. The Labute approximate surface area is 90.9 Å². The fraction of sp³-hybridized carbons (Fsp3) is 0.500. The van der Waals surface area contributed by atoms with Crippen LogP contribution >= 0.6 is 22.9 Å². The lowest BCUT2D eigenvalue weighted by atomic mass is 10.3. The van der Waals surface area contributed by atoms with E-state index in [0.717, 1.165) is 24.5 Å². The highest BCUT2D eigenvalue weighted by molar-refractivity contribution is 7.15. The lowest BCUT2D eigenvalue weighted by molar-refractivity contribution is -0.124. The highest BCUT2D eigenvalue weighted by Gasteiger charge is 2.16. The van der Waals surface area contributed by atoms with Crippen LogP contribution in [0.4, 0.5) is 0 Å². The van der Waals surface area contributed by atoms with Crippen molar-refractivity contribution in [1.29, 1.82) is 0 Å². The molecular formula is C8H10ClN3OS. The smallest absolute Gasteiger partial charge is 0.234 e. The maximum absolute atomic E-state index is 11.1. The molecule has 0 aromatic carbocycles. The summed E-state index contributed by atoms with van der Waals surface area (Å²) in [5, 5.41) is 2.78. The molecule has 0 unspecified atom stereocenters. The number of nitrogens with one attached hydrogen (secondary N) is 1. The van der Waals surface area contributed by atoms with Crippen LogP contribution in [0.5, 0.6) is 0 Å². The Morgan fingerprint density at radius 1 is 1.71 bits per heavy atom. The zero-order valence-electron chi connectivity index (χ0n) is 7.49. The van der Waals surface area contributed by atoms with Crippen molar-refractivity contribution in [3.63, 3.8) is 0 Å². The standard InChI is InChI=1S/C8H10ClN3OS/c9-8-11-3-6(14-8)4-12-2-1-10-7(13)5-12/h3H,1-2,4-5H2,(H,10,13). The molecule has 2 heterocycles. The molecular weight excluding hydrogens is 222 g/mol. The lowest BCUT2D eigenvalue weighted by Gasteiger charge is -2.25. The van der Waals surface area contributed by atoms with Crippen molar-refractivity contribution in [3.8, 4) is 0 Å². The van der Waals surface area contributed by atoms with Gasteiger partial charge in [0, 0.05) is 30.7 Å². The van der Waals surface area contributed by atoms with Gasteiger partial charge in [-0.2, -0.15) is 0 Å². The fourth-order valence-corrected chi connectivity index (χ4v) is 2.42. The molecule has 1 fully saturated rings. The second-order valence-corrected chi connectivity index (χ2v) is 4.84. The normalized spacial score (nSPS) is 18.2. The number of halogens is 1. The van der Waals surface area contributed by atoms with Gasteiger partial charge in [0.05, 0.1) is 6.54 Å². The number of carbonyl (C=O) groups is 1. The van der Waals surface area contributed by atoms with Crippen LogP contribution in [0, 0.1) is 0 Å². The first-order chi connectivity index (χ1) is 6.74. The highest BCUT2D eigenvalue weighted by atomic mass is 35.5. The number of piperazine rings is 1. The first-order valence-electron chi connectivity index (χ1n) is 4.33. The van der Waals surface area contributed by atoms with E-state index in [4.69, 9.17) is 11.6 Å². The molecule has 1 amide bonds. The van der Waals surface area contributed by atoms with E-state index in [1.165, 1.54) is 11.3 Å². The minimum atomic E-state index is 0.0897. The molecule has 0 spiro atoms. The van der Waals surface area contributed by atoms with Gasteiger partial charge in [0.2, 0.25) is 5.91 Å². The first kappa shape index (κ1) is 9.89. The second-order valence-electron chi connectivity index (χ2n) is 3.14. The molecule has 0 aliphatic carbocycles. The molecule has 1 aliphatic rings. The van der Waals surface area contributed by atoms with Crippen molar-refractivity contribution in [1.82, 2.24) is 15.2 Å². The van der Waals surface area contributed by atoms with Crippen molar-refractivity contribution in [2.75, 3.05) is 19.6 Å². The van der Waals surface area contributed by atoms with Gasteiger partial charge in [0.15, 0.2) is 4.47 Å². The second kappa shape index (κ2) is 4.25. The predicted molar refractivity (Wildman–Crippen MR) is 55.4 cm³/mol. The molecule has 1 saturated heterocycles. The number of rotatable bonds is 2. The molecule has 4 nitrogen and oxygen atoms in total. The Hall–Kier alpha value is -0.650. The molecule has 0 radical (unpaired) electrons. The van der Waals surface area contributed by atoms with Gasteiger partial charge >= 0.3 is 0 Å². The number of hydrogen-bond donors (Lipinski definition) is 1. The topological polar surface area (TPSA) is 45.2 Å². The van der Waals surface area contributed by atoms with Gasteiger partial charge in [-0.15, -0.1) is 11.3 Å². The lowest BCUT2D eigenvalue weighted by Crippen LogP contribution is -2.46. The molecule has 1 aromatic rings. The van der Waals surface area contributed by atoms with E-state index in [2.05, 4.69) is 15.2 Å². The number of aromatic nitrogens is 1. The molecule has 1 N–H and O–H groups in total. The minimum absolute atomic E-state index is 0.0897. The Morgan fingerprint density at radius 3 is 3.21 bits per heavy atom. The Balaban J connectivity index is 1.93. The molecule has 76 valence electrons. The van der Waals surface area contributed by atoms with Crippen LogP contribution in [0.3, 0.4) is 0 Å². The molecule has 0 saturated carbocycles. The minimum Gasteiger partial charge on any atom is -0.354 e. The van der Waals surface area contributed by atoms with Crippen LogP contribution < -0.4 is 5.32 Å². The molecule has 6 heteroatoms. The number of thiazole rings is 1. The summed E-state index contributed by atoms with van der Waals surface area (Å²) in [5.74, 6) is 0.0897. The van der Waals surface area contributed by atoms with Crippen molar-refractivity contribution >= 4 is 28.8 Å². The van der Waals surface area contributed by atoms with Crippen LogP contribution in [0.15, 0.2) is 6.20 Å². The summed E-state index contributed by atoms with van der Waals surface area (Å²) in [5.41, 5.74) is 0. The molecule has 2 rings (SSSR count). The van der Waals surface area contributed by atoms with Gasteiger partial charge in [-0.05, 0) is 0 Å². The molecule has 1 aromatic heterocycles. The fourth-order valence-electron chi connectivity index (χ4n) is 1.40. The van der Waals surface area contributed by atoms with Crippen molar-refractivity contribution in [2.45, 2.75) is 6.54 Å². The van der Waals surface area contributed by atoms with Gasteiger partial charge in [-0.3, -0.25) is 9.69 Å². The average molecular weight is 232 g/mol. The SMILES string of the molecule is O=C1CN(Cc2cnc(Cl)s2)CCN1. The van der Waals surface area contributed by atoms with Gasteiger partial charge in [0.1, 0.15) is 0 Å². The third-order valence-electron chi connectivity index (χ3n) is 2.02. The van der Waals surface area contributed by atoms with E-state index in [0.29, 0.717) is 11.0 Å². The van der Waals surface area contributed by atoms with E-state index < -0.39 is 0 Å². The maximum Gasteiger partial charge on any atom is 0.234 e. The third-order valence-corrected chi connectivity index (χ3v) is 3.12. The quantitative estimate of drug-likeness (QED) is 0.816. The predicted octanol–water partition coefficient (Wildman–Crippen LogP) is 0.728. The Kier molecular flexibility index (Phi) is 3.00. The van der Waals surface area contributed by atoms with Gasteiger partial charge in [-0.1, -0.05) is 11.6 Å². The van der Waals surface area contributed by atoms with Crippen LogP contribution in [0.25, 0.3) is 0 Å². The van der Waals surface area contributed by atoms with E-state index >= 15 is 0 Å².